The first kappa shape index (κ1) is 30.3. The first-order valence-corrected chi connectivity index (χ1v) is 14.2. The van der Waals surface area contributed by atoms with E-state index in [1.54, 1.807) is 24.3 Å². The SMILES string of the molecule is CC(C)c1ccc2c(CCC(C)(C)CN(Cl)S(=O)(=O)c3ccccc3)cc(S(=O)(=O)O)c-2cc1.[H-].[Na+]. The molecule has 0 spiro atoms. The van der Waals surface area contributed by atoms with Crippen molar-refractivity contribution in [1.29, 1.82) is 0 Å². The summed E-state index contributed by atoms with van der Waals surface area (Å²) in [6.07, 6.45) is 1.02. The number of rotatable bonds is 9. The van der Waals surface area contributed by atoms with Crippen LogP contribution in [0.2, 0.25) is 0 Å². The quantitative estimate of drug-likeness (QED) is 0.252. The van der Waals surface area contributed by atoms with E-state index in [2.05, 4.69) is 13.8 Å². The van der Waals surface area contributed by atoms with Gasteiger partial charge in [-0.2, -0.15) is 8.42 Å². The smallest absolute Gasteiger partial charge is 1.00 e. The Morgan fingerprint density at radius 3 is 2.09 bits per heavy atom. The zero-order valence-electron chi connectivity index (χ0n) is 21.7. The van der Waals surface area contributed by atoms with Gasteiger partial charge in [0.05, 0.1) is 4.90 Å². The molecule has 1 aromatic rings. The van der Waals surface area contributed by atoms with Crippen LogP contribution in [-0.2, 0) is 26.6 Å². The van der Waals surface area contributed by atoms with Crippen LogP contribution >= 0.6 is 11.8 Å². The van der Waals surface area contributed by atoms with Crippen molar-refractivity contribution in [3.63, 3.8) is 0 Å². The molecule has 35 heavy (non-hydrogen) atoms. The Hall–Kier alpha value is -0.970. The summed E-state index contributed by atoms with van der Waals surface area (Å²) in [4.78, 5) is 0.000849. The van der Waals surface area contributed by atoms with Crippen molar-refractivity contribution in [2.75, 3.05) is 6.54 Å². The molecule has 2 aliphatic carbocycles. The first-order valence-electron chi connectivity index (χ1n) is 11.0. The molecule has 0 fully saturated rings. The molecule has 0 aromatic heterocycles. The van der Waals surface area contributed by atoms with E-state index in [-0.39, 0.29) is 53.2 Å². The van der Waals surface area contributed by atoms with Gasteiger partial charge >= 0.3 is 29.6 Å². The number of sulfonamides is 1. The second-order valence-corrected chi connectivity index (χ2v) is 13.4. The molecule has 0 bridgehead atoms. The van der Waals surface area contributed by atoms with Gasteiger partial charge in [0.1, 0.15) is 4.90 Å². The van der Waals surface area contributed by atoms with Crippen molar-refractivity contribution >= 4 is 31.9 Å². The Kier molecular flexibility index (Phi) is 10.0. The molecule has 0 saturated heterocycles. The Morgan fingerprint density at radius 2 is 1.54 bits per heavy atom. The molecule has 0 saturated carbocycles. The van der Waals surface area contributed by atoms with Crippen LogP contribution in [0.4, 0.5) is 0 Å². The molecular weight excluding hydrogens is 517 g/mol. The van der Waals surface area contributed by atoms with Gasteiger partial charge in [0.15, 0.2) is 0 Å². The molecular formula is C25H31ClNNaO5S2. The zero-order valence-corrected chi connectivity index (χ0v) is 25.1. The molecule has 10 heteroatoms. The van der Waals surface area contributed by atoms with E-state index in [9.17, 15) is 21.4 Å². The molecule has 1 aromatic carbocycles. The predicted octanol–water partition coefficient (Wildman–Crippen LogP) is 3.08. The normalized spacial score (nSPS) is 12.8. The molecule has 3 rings (SSSR count). The van der Waals surface area contributed by atoms with Gasteiger partial charge in [-0.25, -0.2) is 8.42 Å². The van der Waals surface area contributed by atoms with Crippen LogP contribution in [0.25, 0.3) is 11.1 Å². The van der Waals surface area contributed by atoms with Crippen LogP contribution in [0.15, 0.2) is 70.5 Å². The summed E-state index contributed by atoms with van der Waals surface area (Å²) in [5.41, 5.74) is 2.52. The monoisotopic (exact) mass is 547 g/mol. The summed E-state index contributed by atoms with van der Waals surface area (Å²) in [6.45, 7) is 7.99. The standard InChI is InChI=1S/C25H30ClNO5S2.Na.H/c1-18(2)19-10-12-22-20(16-24(34(30,31)32)23(22)13-11-19)14-15-25(3,4)17-27(26)33(28,29)21-8-6-5-7-9-21;;/h5-13,16,18H,14-15,17H2,1-4H3,(H,30,31,32);;/q;+1;-1. The molecule has 0 atom stereocenters. The predicted molar refractivity (Wildman–Crippen MR) is 136 cm³/mol. The molecule has 0 amide bonds. The van der Waals surface area contributed by atoms with Crippen molar-refractivity contribution in [2.45, 2.75) is 56.2 Å². The molecule has 186 valence electrons. The summed E-state index contributed by atoms with van der Waals surface area (Å²) in [6, 6.07) is 17.0. The van der Waals surface area contributed by atoms with Gasteiger partial charge in [0.2, 0.25) is 0 Å². The third-order valence-electron chi connectivity index (χ3n) is 5.96. The fourth-order valence-electron chi connectivity index (χ4n) is 3.89. The fourth-order valence-corrected chi connectivity index (χ4v) is 6.45. The number of nitrogens with zero attached hydrogens (tertiary/aromatic N) is 1. The number of benzene rings is 1. The fraction of sp³-hybridized carbons (Fsp3) is 0.360. The molecule has 0 heterocycles. The van der Waals surface area contributed by atoms with E-state index < -0.39 is 25.6 Å². The topological polar surface area (TPSA) is 91.8 Å². The van der Waals surface area contributed by atoms with E-state index >= 15 is 0 Å². The van der Waals surface area contributed by atoms with Crippen LogP contribution in [0, 0.1) is 5.41 Å². The first-order chi connectivity index (χ1) is 15.7. The average Bonchev–Trinajstić information content (AvgIpc) is 2.95. The molecule has 2 aliphatic rings. The van der Waals surface area contributed by atoms with E-state index in [1.165, 1.54) is 18.2 Å². The Morgan fingerprint density at radius 1 is 0.971 bits per heavy atom. The number of aryl methyl sites for hydroxylation is 1. The average molecular weight is 548 g/mol. The van der Waals surface area contributed by atoms with Crippen LogP contribution in [0.5, 0.6) is 0 Å². The summed E-state index contributed by atoms with van der Waals surface area (Å²) in [5, 5.41) is 0. The minimum Gasteiger partial charge on any atom is -1.00 e. The van der Waals surface area contributed by atoms with Gasteiger partial charge in [0, 0.05) is 12.1 Å². The maximum Gasteiger partial charge on any atom is 1.00 e. The van der Waals surface area contributed by atoms with Crippen molar-refractivity contribution in [3.05, 3.63) is 71.8 Å². The number of halogens is 1. The van der Waals surface area contributed by atoms with Crippen molar-refractivity contribution in [2.24, 2.45) is 5.41 Å². The number of fused-ring (bicyclic) bond motifs is 1. The summed E-state index contributed by atoms with van der Waals surface area (Å²) < 4.78 is 60.3. The van der Waals surface area contributed by atoms with Gasteiger partial charge in [-0.1, -0.05) is 70.2 Å². The molecule has 0 aliphatic heterocycles. The maximum atomic E-state index is 12.8. The van der Waals surface area contributed by atoms with Crippen molar-refractivity contribution in [3.8, 4) is 11.1 Å². The molecule has 6 nitrogen and oxygen atoms in total. The Balaban J connectivity index is 0.00000324. The van der Waals surface area contributed by atoms with Crippen molar-refractivity contribution < 1.29 is 52.4 Å². The van der Waals surface area contributed by atoms with Crippen molar-refractivity contribution in [1.82, 2.24) is 3.82 Å². The third-order valence-corrected chi connectivity index (χ3v) is 9.04. The summed E-state index contributed by atoms with van der Waals surface area (Å²) in [7, 11) is -8.24. The van der Waals surface area contributed by atoms with Crippen LogP contribution < -0.4 is 29.6 Å². The number of hydrogen-bond acceptors (Lipinski definition) is 4. The second kappa shape index (κ2) is 11.6. The zero-order chi connectivity index (χ0) is 25.3. The van der Waals surface area contributed by atoms with Gasteiger partial charge < -0.3 is 1.43 Å². The summed E-state index contributed by atoms with van der Waals surface area (Å²) in [5.74, 6) is 0.259. The largest absolute Gasteiger partial charge is 1.00 e. The van der Waals surface area contributed by atoms with Crippen LogP contribution in [0.1, 0.15) is 52.6 Å². The van der Waals surface area contributed by atoms with Gasteiger partial charge in [-0.3, -0.25) is 4.55 Å². The second-order valence-electron chi connectivity index (χ2n) is 9.59. The van der Waals surface area contributed by atoms with Crippen LogP contribution in [0.3, 0.4) is 0 Å². The van der Waals surface area contributed by atoms with E-state index in [1.807, 2.05) is 32.0 Å². The maximum absolute atomic E-state index is 12.8. The van der Waals surface area contributed by atoms with Gasteiger partial charge in [0.25, 0.3) is 20.1 Å². The Bertz CT molecular complexity index is 1350. The summed E-state index contributed by atoms with van der Waals surface area (Å²) >= 11 is 6.23. The third kappa shape index (κ3) is 7.29. The van der Waals surface area contributed by atoms with Gasteiger partial charge in [-0.05, 0) is 70.8 Å². The molecule has 1 N–H and O–H groups in total. The Labute approximate surface area is 237 Å². The molecule has 0 unspecified atom stereocenters. The van der Waals surface area contributed by atoms with Crippen LogP contribution in [-0.4, -0.2) is 31.8 Å². The van der Waals surface area contributed by atoms with E-state index in [4.69, 9.17) is 11.8 Å². The minimum absolute atomic E-state index is 0. The van der Waals surface area contributed by atoms with E-state index in [0.29, 0.717) is 18.4 Å². The minimum atomic E-state index is -4.40. The molecule has 0 radical (unpaired) electrons. The van der Waals surface area contributed by atoms with Gasteiger partial charge in [-0.15, -0.1) is 3.82 Å². The number of hydrogen-bond donors (Lipinski definition) is 1. The van der Waals surface area contributed by atoms with E-state index in [0.717, 1.165) is 20.5 Å².